The highest BCUT2D eigenvalue weighted by molar-refractivity contribution is 6.33. The molecule has 0 heterocycles. The molecule has 0 aliphatic heterocycles. The van der Waals surface area contributed by atoms with Gasteiger partial charge in [0.2, 0.25) is 0 Å². The Bertz CT molecular complexity index is 463. The molecule has 1 N–H and O–H groups in total. The fourth-order valence-electron chi connectivity index (χ4n) is 2.96. The number of alkyl halides is 3. The summed E-state index contributed by atoms with van der Waals surface area (Å²) in [6, 6.07) is 3.60. The van der Waals surface area contributed by atoms with E-state index in [1.807, 2.05) is 0 Å². The average Bonchev–Trinajstić information content (AvgIpc) is 2.34. The van der Waals surface area contributed by atoms with Crippen molar-refractivity contribution in [3.05, 3.63) is 28.8 Å². The van der Waals surface area contributed by atoms with Gasteiger partial charge in [0.1, 0.15) is 0 Å². The second-order valence-electron chi connectivity index (χ2n) is 5.75. The van der Waals surface area contributed by atoms with E-state index in [0.29, 0.717) is 22.5 Å². The van der Waals surface area contributed by atoms with E-state index < -0.39 is 11.7 Å². The van der Waals surface area contributed by atoms with Gasteiger partial charge in [-0.3, -0.25) is 0 Å². The Kier molecular flexibility index (Phi) is 4.52. The second kappa shape index (κ2) is 5.84. The summed E-state index contributed by atoms with van der Waals surface area (Å²) in [6.45, 7) is 4.27. The van der Waals surface area contributed by atoms with Crippen LogP contribution in [0, 0.1) is 11.8 Å². The molecule has 0 saturated heterocycles. The lowest BCUT2D eigenvalue weighted by atomic mass is 9.78. The van der Waals surface area contributed by atoms with Gasteiger partial charge in [-0.2, -0.15) is 13.2 Å². The molecule has 0 radical (unpaired) electrons. The maximum Gasteiger partial charge on any atom is 0.416 e. The van der Waals surface area contributed by atoms with E-state index in [4.69, 9.17) is 11.6 Å². The van der Waals surface area contributed by atoms with Gasteiger partial charge in [0.25, 0.3) is 0 Å². The number of benzene rings is 1. The van der Waals surface area contributed by atoms with Crippen molar-refractivity contribution >= 4 is 17.3 Å². The van der Waals surface area contributed by atoms with Gasteiger partial charge >= 0.3 is 6.18 Å². The predicted molar refractivity (Wildman–Crippen MR) is 76.0 cm³/mol. The summed E-state index contributed by atoms with van der Waals surface area (Å²) in [5.74, 6) is 0.869. The smallest absolute Gasteiger partial charge is 0.381 e. The zero-order valence-corrected chi connectivity index (χ0v) is 12.4. The van der Waals surface area contributed by atoms with Crippen molar-refractivity contribution in [3.63, 3.8) is 0 Å². The molecule has 0 amide bonds. The van der Waals surface area contributed by atoms with E-state index >= 15 is 0 Å². The normalized spacial score (nSPS) is 27.4. The summed E-state index contributed by atoms with van der Waals surface area (Å²) in [5, 5.41) is 3.57. The molecule has 2 unspecified atom stereocenters. The van der Waals surface area contributed by atoms with Crippen LogP contribution in [-0.2, 0) is 6.18 Å². The number of rotatable bonds is 2. The number of halogens is 4. The van der Waals surface area contributed by atoms with Crippen LogP contribution in [-0.4, -0.2) is 6.04 Å². The Balaban J connectivity index is 2.24. The van der Waals surface area contributed by atoms with Crippen molar-refractivity contribution in [2.75, 3.05) is 5.32 Å². The topological polar surface area (TPSA) is 12.0 Å². The van der Waals surface area contributed by atoms with E-state index in [2.05, 4.69) is 19.2 Å². The molecule has 0 bridgehead atoms. The standard InChI is InChI=1S/C15H19ClF3N/c1-9-4-3-5-10(2)14(9)20-13-8-11(15(17,18)19)6-7-12(13)16/h6-10,14,20H,3-5H2,1-2H3. The largest absolute Gasteiger partial charge is 0.416 e. The molecule has 5 heteroatoms. The lowest BCUT2D eigenvalue weighted by Crippen LogP contribution is -2.37. The fraction of sp³-hybridized carbons (Fsp3) is 0.600. The zero-order chi connectivity index (χ0) is 14.9. The van der Waals surface area contributed by atoms with Gasteiger partial charge in [-0.15, -0.1) is 0 Å². The van der Waals surface area contributed by atoms with E-state index in [1.165, 1.54) is 12.5 Å². The van der Waals surface area contributed by atoms with Crippen molar-refractivity contribution in [1.82, 2.24) is 0 Å². The van der Waals surface area contributed by atoms with E-state index in [0.717, 1.165) is 25.0 Å². The number of hydrogen-bond donors (Lipinski definition) is 1. The molecule has 1 aliphatic rings. The lowest BCUT2D eigenvalue weighted by molar-refractivity contribution is -0.137. The van der Waals surface area contributed by atoms with E-state index in [9.17, 15) is 13.2 Å². The Hall–Kier alpha value is -0.900. The molecule has 1 nitrogen and oxygen atoms in total. The van der Waals surface area contributed by atoms with E-state index in [-0.39, 0.29) is 6.04 Å². The quantitative estimate of drug-likeness (QED) is 0.750. The molecule has 1 aromatic rings. The molecule has 2 atom stereocenters. The fourth-order valence-corrected chi connectivity index (χ4v) is 3.13. The Morgan fingerprint density at radius 3 is 2.30 bits per heavy atom. The SMILES string of the molecule is CC1CCCC(C)C1Nc1cc(C(F)(F)F)ccc1Cl. The summed E-state index contributed by atoms with van der Waals surface area (Å²) in [6.07, 6.45) is -0.973. The molecule has 1 aromatic carbocycles. The minimum atomic E-state index is -4.34. The van der Waals surface area contributed by atoms with Crippen LogP contribution in [0.15, 0.2) is 18.2 Å². The Labute approximate surface area is 122 Å². The molecule has 1 aliphatic carbocycles. The van der Waals surface area contributed by atoms with Crippen molar-refractivity contribution < 1.29 is 13.2 Å². The van der Waals surface area contributed by atoms with Crippen molar-refractivity contribution in [3.8, 4) is 0 Å². The van der Waals surface area contributed by atoms with Crippen LogP contribution < -0.4 is 5.32 Å². The molecule has 0 spiro atoms. The molecule has 0 aromatic heterocycles. The molecule has 1 fully saturated rings. The van der Waals surface area contributed by atoms with Gasteiger partial charge in [-0.1, -0.05) is 31.9 Å². The first-order chi connectivity index (χ1) is 9.29. The monoisotopic (exact) mass is 305 g/mol. The Morgan fingerprint density at radius 2 is 1.75 bits per heavy atom. The van der Waals surface area contributed by atoms with Crippen LogP contribution in [0.5, 0.6) is 0 Å². The van der Waals surface area contributed by atoms with Crippen LogP contribution in [0.2, 0.25) is 5.02 Å². The highest BCUT2D eigenvalue weighted by Crippen LogP contribution is 2.37. The highest BCUT2D eigenvalue weighted by atomic mass is 35.5. The van der Waals surface area contributed by atoms with Gasteiger partial charge in [0, 0.05) is 6.04 Å². The summed E-state index contributed by atoms with van der Waals surface area (Å²) in [5.41, 5.74) is -0.285. The molecular weight excluding hydrogens is 287 g/mol. The van der Waals surface area contributed by atoms with Crippen LogP contribution in [0.3, 0.4) is 0 Å². The molecule has 112 valence electrons. The minimum Gasteiger partial charge on any atom is -0.381 e. The lowest BCUT2D eigenvalue weighted by Gasteiger charge is -2.36. The summed E-state index contributed by atoms with van der Waals surface area (Å²) < 4.78 is 38.3. The maximum atomic E-state index is 12.8. The van der Waals surface area contributed by atoms with Crippen LogP contribution in [0.4, 0.5) is 18.9 Å². The summed E-state index contributed by atoms with van der Waals surface area (Å²) in [7, 11) is 0. The minimum absolute atomic E-state index is 0.171. The maximum absolute atomic E-state index is 12.8. The number of hydrogen-bond acceptors (Lipinski definition) is 1. The first-order valence-electron chi connectivity index (χ1n) is 6.92. The third-order valence-electron chi connectivity index (χ3n) is 4.16. The molecular formula is C15H19ClF3N. The molecule has 2 rings (SSSR count). The zero-order valence-electron chi connectivity index (χ0n) is 11.6. The van der Waals surface area contributed by atoms with Gasteiger partial charge in [-0.25, -0.2) is 0 Å². The first-order valence-corrected chi connectivity index (χ1v) is 7.30. The summed E-state index contributed by atoms with van der Waals surface area (Å²) >= 11 is 6.03. The van der Waals surface area contributed by atoms with Crippen LogP contribution in [0.25, 0.3) is 0 Å². The summed E-state index contributed by atoms with van der Waals surface area (Å²) in [4.78, 5) is 0. The van der Waals surface area contributed by atoms with Gasteiger partial charge in [0.05, 0.1) is 16.3 Å². The van der Waals surface area contributed by atoms with Crippen molar-refractivity contribution in [2.24, 2.45) is 11.8 Å². The second-order valence-corrected chi connectivity index (χ2v) is 6.16. The molecule has 1 saturated carbocycles. The van der Waals surface area contributed by atoms with Crippen molar-refractivity contribution in [2.45, 2.75) is 45.3 Å². The third kappa shape index (κ3) is 3.40. The molecule has 20 heavy (non-hydrogen) atoms. The van der Waals surface area contributed by atoms with Gasteiger partial charge in [0.15, 0.2) is 0 Å². The number of nitrogens with one attached hydrogen (secondary N) is 1. The van der Waals surface area contributed by atoms with Crippen molar-refractivity contribution in [1.29, 1.82) is 0 Å². The average molecular weight is 306 g/mol. The van der Waals surface area contributed by atoms with E-state index in [1.54, 1.807) is 0 Å². The van der Waals surface area contributed by atoms with Crippen LogP contribution >= 0.6 is 11.6 Å². The van der Waals surface area contributed by atoms with Crippen LogP contribution in [0.1, 0.15) is 38.7 Å². The highest BCUT2D eigenvalue weighted by Gasteiger charge is 2.32. The number of anilines is 1. The Morgan fingerprint density at radius 1 is 1.15 bits per heavy atom. The predicted octanol–water partition coefficient (Wildman–Crippen LogP) is 5.60. The first kappa shape index (κ1) is 15.5. The third-order valence-corrected chi connectivity index (χ3v) is 4.49. The van der Waals surface area contributed by atoms with Gasteiger partial charge in [-0.05, 0) is 42.9 Å². The van der Waals surface area contributed by atoms with Gasteiger partial charge < -0.3 is 5.32 Å².